The number of carboxylic acid groups (broad SMARTS) is 1. The van der Waals surface area contributed by atoms with Gasteiger partial charge in [0.1, 0.15) is 0 Å². The van der Waals surface area contributed by atoms with Gasteiger partial charge in [0.05, 0.1) is 12.5 Å². The summed E-state index contributed by atoms with van der Waals surface area (Å²) in [7, 11) is 0. The quantitative estimate of drug-likeness (QED) is 0.477. The number of hydrogen-bond acceptors (Lipinski definition) is 3. The van der Waals surface area contributed by atoms with Gasteiger partial charge in [-0.15, -0.1) is 0 Å². The zero-order valence-electron chi connectivity index (χ0n) is 13.6. The second-order valence-electron chi connectivity index (χ2n) is 5.02. The fourth-order valence-corrected chi connectivity index (χ4v) is 1.46. The van der Waals surface area contributed by atoms with Gasteiger partial charge in [0, 0.05) is 6.42 Å². The van der Waals surface area contributed by atoms with Crippen molar-refractivity contribution in [1.82, 2.24) is 0 Å². The van der Waals surface area contributed by atoms with Crippen LogP contribution in [-0.2, 0) is 14.3 Å². The van der Waals surface area contributed by atoms with Crippen LogP contribution in [0.2, 0.25) is 0 Å². The Hall–Kier alpha value is -1.06. The van der Waals surface area contributed by atoms with Crippen LogP contribution in [0.15, 0.2) is 0 Å². The number of rotatable bonds is 10. The molecule has 0 aliphatic carbocycles. The van der Waals surface area contributed by atoms with Crippen LogP contribution in [0, 0.1) is 5.92 Å². The summed E-state index contributed by atoms with van der Waals surface area (Å²) in [6.07, 6.45) is 7.99. The van der Waals surface area contributed by atoms with Crippen molar-refractivity contribution in [2.75, 3.05) is 6.61 Å². The molecule has 0 heterocycles. The fraction of sp³-hybridized carbons (Fsp3) is 0.875. The molecule has 0 aliphatic heterocycles. The molecule has 0 aromatic rings. The summed E-state index contributed by atoms with van der Waals surface area (Å²) in [6.45, 7) is 8.41. The molecule has 0 aromatic carbocycles. The number of ether oxygens (including phenoxy) is 1. The Balaban J connectivity index is 0. The van der Waals surface area contributed by atoms with Gasteiger partial charge in [0.15, 0.2) is 0 Å². The maximum atomic E-state index is 10.6. The van der Waals surface area contributed by atoms with Gasteiger partial charge in [-0.05, 0) is 12.8 Å². The smallest absolute Gasteiger partial charge is 0.306 e. The third-order valence-electron chi connectivity index (χ3n) is 2.96. The molecule has 0 rings (SSSR count). The lowest BCUT2D eigenvalue weighted by atomic mass is 10.0. The van der Waals surface area contributed by atoms with Gasteiger partial charge in [-0.3, -0.25) is 9.59 Å². The van der Waals surface area contributed by atoms with Crippen molar-refractivity contribution in [2.24, 2.45) is 5.92 Å². The number of carbonyl (C=O) groups is 2. The first-order chi connectivity index (χ1) is 9.49. The Morgan fingerprint density at radius 3 is 2.00 bits per heavy atom. The lowest BCUT2D eigenvalue weighted by Crippen LogP contribution is -2.08. The van der Waals surface area contributed by atoms with Crippen molar-refractivity contribution in [3.8, 4) is 0 Å². The van der Waals surface area contributed by atoms with E-state index >= 15 is 0 Å². The molecule has 0 bridgehead atoms. The number of carbonyl (C=O) groups excluding carboxylic acids is 1. The fourth-order valence-electron chi connectivity index (χ4n) is 1.46. The van der Waals surface area contributed by atoms with Crippen LogP contribution in [0.3, 0.4) is 0 Å². The van der Waals surface area contributed by atoms with E-state index in [0.717, 1.165) is 38.5 Å². The Kier molecular flexibility index (Phi) is 17.0. The SMILES string of the molecule is CCCCCC(C)C(=O)O.CCCCCOC(=O)CC. The van der Waals surface area contributed by atoms with Crippen molar-refractivity contribution < 1.29 is 19.4 Å². The van der Waals surface area contributed by atoms with E-state index in [-0.39, 0.29) is 11.9 Å². The first-order valence-electron chi connectivity index (χ1n) is 7.87. The molecule has 0 saturated carbocycles. The molecule has 0 radical (unpaired) electrons. The summed E-state index contributed by atoms with van der Waals surface area (Å²) in [5, 5.41) is 8.48. The van der Waals surface area contributed by atoms with Crippen LogP contribution < -0.4 is 0 Å². The molecule has 1 unspecified atom stereocenters. The summed E-state index contributed by atoms with van der Waals surface area (Å²) in [6, 6.07) is 0. The first-order valence-corrected chi connectivity index (χ1v) is 7.87. The summed E-state index contributed by atoms with van der Waals surface area (Å²) in [5.74, 6) is -0.918. The van der Waals surface area contributed by atoms with Gasteiger partial charge < -0.3 is 9.84 Å². The van der Waals surface area contributed by atoms with Crippen molar-refractivity contribution in [3.05, 3.63) is 0 Å². The monoisotopic (exact) mass is 288 g/mol. The standard InChI is InChI=1S/2C8H16O2/c1-3-4-5-6-7(2)8(9)10;1-3-5-6-7-10-8(9)4-2/h7H,3-6H2,1-2H3,(H,9,10);3-7H2,1-2H3. The summed E-state index contributed by atoms with van der Waals surface area (Å²) in [5.41, 5.74) is 0. The van der Waals surface area contributed by atoms with Gasteiger partial charge >= 0.3 is 11.9 Å². The molecule has 0 fully saturated rings. The van der Waals surface area contributed by atoms with E-state index in [2.05, 4.69) is 13.8 Å². The number of carboxylic acids is 1. The average Bonchev–Trinajstić information content (AvgIpc) is 2.44. The van der Waals surface area contributed by atoms with Gasteiger partial charge in [-0.2, -0.15) is 0 Å². The number of aliphatic carboxylic acids is 1. The molecule has 1 atom stereocenters. The largest absolute Gasteiger partial charge is 0.481 e. The van der Waals surface area contributed by atoms with Crippen LogP contribution in [0.1, 0.15) is 79.1 Å². The van der Waals surface area contributed by atoms with E-state index in [1.54, 1.807) is 6.92 Å². The predicted octanol–water partition coefficient (Wildman–Crippen LogP) is 4.42. The highest BCUT2D eigenvalue weighted by Gasteiger charge is 2.08. The van der Waals surface area contributed by atoms with Crippen molar-refractivity contribution >= 4 is 11.9 Å². The van der Waals surface area contributed by atoms with Gasteiger partial charge in [0.25, 0.3) is 0 Å². The molecule has 1 N–H and O–H groups in total. The van der Waals surface area contributed by atoms with E-state index in [1.165, 1.54) is 6.42 Å². The van der Waals surface area contributed by atoms with Crippen LogP contribution in [0.25, 0.3) is 0 Å². The molecule has 0 spiro atoms. The highest BCUT2D eigenvalue weighted by atomic mass is 16.5. The van der Waals surface area contributed by atoms with Gasteiger partial charge in [-0.1, -0.05) is 59.8 Å². The Bertz CT molecular complexity index is 237. The molecule has 0 aromatic heterocycles. The van der Waals surface area contributed by atoms with Crippen LogP contribution >= 0.6 is 0 Å². The van der Waals surface area contributed by atoms with Crippen LogP contribution in [0.5, 0.6) is 0 Å². The molecule has 0 aliphatic rings. The van der Waals surface area contributed by atoms with E-state index < -0.39 is 5.97 Å². The number of hydrogen-bond donors (Lipinski definition) is 1. The van der Waals surface area contributed by atoms with E-state index in [0.29, 0.717) is 13.0 Å². The third-order valence-corrected chi connectivity index (χ3v) is 2.96. The summed E-state index contributed by atoms with van der Waals surface area (Å²) < 4.78 is 4.85. The number of unbranched alkanes of at least 4 members (excludes halogenated alkanes) is 4. The number of esters is 1. The predicted molar refractivity (Wildman–Crippen MR) is 81.7 cm³/mol. The minimum atomic E-state index is -0.670. The lowest BCUT2D eigenvalue weighted by molar-refractivity contribution is -0.143. The minimum absolute atomic E-state index is 0.0869. The first kappa shape index (κ1) is 21.2. The normalized spacial score (nSPS) is 11.2. The molecule has 4 nitrogen and oxygen atoms in total. The third kappa shape index (κ3) is 16.9. The summed E-state index contributed by atoms with van der Waals surface area (Å²) in [4.78, 5) is 20.8. The van der Waals surface area contributed by atoms with Gasteiger partial charge in [0.2, 0.25) is 0 Å². The zero-order valence-corrected chi connectivity index (χ0v) is 13.6. The Morgan fingerprint density at radius 1 is 1.00 bits per heavy atom. The second-order valence-corrected chi connectivity index (χ2v) is 5.02. The lowest BCUT2D eigenvalue weighted by Gasteiger charge is -2.03. The second kappa shape index (κ2) is 16.0. The minimum Gasteiger partial charge on any atom is -0.481 e. The Morgan fingerprint density at radius 2 is 1.55 bits per heavy atom. The summed E-state index contributed by atoms with van der Waals surface area (Å²) >= 11 is 0. The average molecular weight is 288 g/mol. The molecule has 120 valence electrons. The van der Waals surface area contributed by atoms with E-state index in [4.69, 9.17) is 9.84 Å². The highest BCUT2D eigenvalue weighted by Crippen LogP contribution is 2.08. The molecular weight excluding hydrogens is 256 g/mol. The highest BCUT2D eigenvalue weighted by molar-refractivity contribution is 5.69. The topological polar surface area (TPSA) is 63.6 Å². The molecule has 4 heteroatoms. The van der Waals surface area contributed by atoms with E-state index in [1.807, 2.05) is 6.92 Å². The maximum Gasteiger partial charge on any atom is 0.306 e. The maximum absolute atomic E-state index is 10.6. The van der Waals surface area contributed by atoms with Crippen molar-refractivity contribution in [1.29, 1.82) is 0 Å². The van der Waals surface area contributed by atoms with Crippen LogP contribution in [0.4, 0.5) is 0 Å². The zero-order chi connectivity index (χ0) is 15.8. The molecule has 0 saturated heterocycles. The van der Waals surface area contributed by atoms with E-state index in [9.17, 15) is 9.59 Å². The Labute approximate surface area is 123 Å². The van der Waals surface area contributed by atoms with Crippen molar-refractivity contribution in [3.63, 3.8) is 0 Å². The van der Waals surface area contributed by atoms with Gasteiger partial charge in [-0.25, -0.2) is 0 Å². The molecule has 20 heavy (non-hydrogen) atoms. The molecule has 0 amide bonds. The molecular formula is C16H32O4. The van der Waals surface area contributed by atoms with Crippen molar-refractivity contribution in [2.45, 2.75) is 79.1 Å². The van der Waals surface area contributed by atoms with Crippen LogP contribution in [-0.4, -0.2) is 23.7 Å².